The maximum Gasteiger partial charge on any atom is 0.326 e. The lowest BCUT2D eigenvalue weighted by molar-refractivity contribution is -0.143. The molecule has 0 bridgehead atoms. The molecule has 4 N–H and O–H groups in total. The molecule has 0 saturated heterocycles. The van der Waals surface area contributed by atoms with Gasteiger partial charge in [-0.25, -0.2) is 4.79 Å². The molecule has 2 atom stereocenters. The van der Waals surface area contributed by atoms with Crippen molar-refractivity contribution < 1.29 is 29.4 Å². The number of hydrogen-bond donors (Lipinski definition) is 4. The Hall–Kier alpha value is -2.12. The summed E-state index contributed by atoms with van der Waals surface area (Å²) in [5.74, 6) is -3.45. The lowest BCUT2D eigenvalue weighted by Gasteiger charge is -2.23. The molecule has 0 aromatic carbocycles. The third-order valence-corrected chi connectivity index (χ3v) is 2.81. The van der Waals surface area contributed by atoms with Gasteiger partial charge in [-0.1, -0.05) is 13.8 Å². The maximum absolute atomic E-state index is 12.0. The summed E-state index contributed by atoms with van der Waals surface area (Å²) < 4.78 is 0. The van der Waals surface area contributed by atoms with Crippen LogP contribution in [-0.4, -0.2) is 46.0 Å². The van der Waals surface area contributed by atoms with Gasteiger partial charge in [-0.05, 0) is 18.8 Å². The summed E-state index contributed by atoms with van der Waals surface area (Å²) in [7, 11) is 0. The van der Waals surface area contributed by atoms with Crippen molar-refractivity contribution in [3.63, 3.8) is 0 Å². The molecule has 0 rings (SSSR count). The molecule has 21 heavy (non-hydrogen) atoms. The monoisotopic (exact) mass is 302 g/mol. The number of carbonyl (C=O) groups excluding carboxylic acids is 2. The first-order valence-corrected chi connectivity index (χ1v) is 6.67. The summed E-state index contributed by atoms with van der Waals surface area (Å²) in [5.41, 5.74) is 0. The van der Waals surface area contributed by atoms with Crippen molar-refractivity contribution in [3.05, 3.63) is 0 Å². The minimum absolute atomic E-state index is 0.0122. The minimum Gasteiger partial charge on any atom is -0.481 e. The zero-order valence-corrected chi connectivity index (χ0v) is 12.4. The third kappa shape index (κ3) is 7.91. The van der Waals surface area contributed by atoms with E-state index in [1.807, 2.05) is 0 Å². The highest BCUT2D eigenvalue weighted by atomic mass is 16.4. The van der Waals surface area contributed by atoms with E-state index in [0.717, 1.165) is 0 Å². The molecule has 0 aromatic rings. The normalized spacial score (nSPS) is 13.3. The zero-order valence-electron chi connectivity index (χ0n) is 12.4. The Kier molecular flexibility index (Phi) is 8.03. The fraction of sp³-hybridized carbons (Fsp3) is 0.692. The molecular formula is C13H22N2O6. The maximum atomic E-state index is 12.0. The summed E-state index contributed by atoms with van der Waals surface area (Å²) >= 11 is 0. The lowest BCUT2D eigenvalue weighted by atomic mass is 10.0. The van der Waals surface area contributed by atoms with Crippen LogP contribution in [0.4, 0.5) is 0 Å². The van der Waals surface area contributed by atoms with E-state index < -0.39 is 29.9 Å². The number of carboxylic acids is 2. The van der Waals surface area contributed by atoms with E-state index in [4.69, 9.17) is 10.2 Å². The van der Waals surface area contributed by atoms with E-state index in [-0.39, 0.29) is 31.1 Å². The standard InChI is InChI=1S/C13H22N2O6/c1-7(2)11(14-8(3)16)12(19)15-9(13(20)21)5-4-6-10(17)18/h7,9,11H,4-6H2,1-3H3,(H,14,16)(H,15,19)(H,17,18)(H,20,21)/t9-,11?/m1/s1. The first kappa shape index (κ1) is 18.9. The zero-order chi connectivity index (χ0) is 16.6. The van der Waals surface area contributed by atoms with Crippen LogP contribution < -0.4 is 10.6 Å². The molecular weight excluding hydrogens is 280 g/mol. The smallest absolute Gasteiger partial charge is 0.326 e. The van der Waals surface area contributed by atoms with Gasteiger partial charge in [-0.2, -0.15) is 0 Å². The molecule has 1 unspecified atom stereocenters. The molecule has 2 amide bonds. The van der Waals surface area contributed by atoms with Crippen LogP contribution in [0.25, 0.3) is 0 Å². The Labute approximate surface area is 122 Å². The summed E-state index contributed by atoms with van der Waals surface area (Å²) in [5, 5.41) is 22.4. The lowest BCUT2D eigenvalue weighted by Crippen LogP contribution is -2.53. The highest BCUT2D eigenvalue weighted by molar-refractivity contribution is 5.90. The number of nitrogens with one attached hydrogen (secondary N) is 2. The average molecular weight is 302 g/mol. The molecule has 0 aliphatic rings. The average Bonchev–Trinajstić information content (AvgIpc) is 2.33. The third-order valence-electron chi connectivity index (χ3n) is 2.81. The number of carboxylic acid groups (broad SMARTS) is 2. The second kappa shape index (κ2) is 8.93. The molecule has 0 saturated carbocycles. The molecule has 0 aromatic heterocycles. The van der Waals surface area contributed by atoms with Crippen LogP contribution in [0.5, 0.6) is 0 Å². The van der Waals surface area contributed by atoms with E-state index in [2.05, 4.69) is 10.6 Å². The number of rotatable bonds is 9. The van der Waals surface area contributed by atoms with Gasteiger partial charge in [0.05, 0.1) is 0 Å². The Morgan fingerprint density at radius 2 is 1.62 bits per heavy atom. The van der Waals surface area contributed by atoms with Crippen molar-refractivity contribution in [2.45, 2.75) is 52.1 Å². The summed E-state index contributed by atoms with van der Waals surface area (Å²) in [6.07, 6.45) is -0.0176. The Balaban J connectivity index is 4.66. The van der Waals surface area contributed by atoms with Crippen LogP contribution in [-0.2, 0) is 19.2 Å². The highest BCUT2D eigenvalue weighted by Crippen LogP contribution is 2.06. The topological polar surface area (TPSA) is 133 Å². The van der Waals surface area contributed by atoms with Gasteiger partial charge in [0.15, 0.2) is 0 Å². The van der Waals surface area contributed by atoms with Crippen molar-refractivity contribution in [1.82, 2.24) is 10.6 Å². The second-order valence-electron chi connectivity index (χ2n) is 5.11. The van der Waals surface area contributed by atoms with Crippen LogP contribution in [0.1, 0.15) is 40.0 Å². The van der Waals surface area contributed by atoms with Crippen LogP contribution in [0.3, 0.4) is 0 Å². The van der Waals surface area contributed by atoms with Crippen molar-refractivity contribution in [2.75, 3.05) is 0 Å². The predicted molar refractivity (Wildman–Crippen MR) is 73.5 cm³/mol. The van der Waals surface area contributed by atoms with E-state index in [1.54, 1.807) is 13.8 Å². The van der Waals surface area contributed by atoms with Crippen LogP contribution >= 0.6 is 0 Å². The quantitative estimate of drug-likeness (QED) is 0.473. The van der Waals surface area contributed by atoms with Gasteiger partial charge in [0.2, 0.25) is 11.8 Å². The van der Waals surface area contributed by atoms with Gasteiger partial charge in [-0.3, -0.25) is 14.4 Å². The van der Waals surface area contributed by atoms with Gasteiger partial charge in [-0.15, -0.1) is 0 Å². The fourth-order valence-electron chi connectivity index (χ4n) is 1.73. The molecule has 0 fully saturated rings. The fourth-order valence-corrected chi connectivity index (χ4v) is 1.73. The highest BCUT2D eigenvalue weighted by Gasteiger charge is 2.27. The van der Waals surface area contributed by atoms with Crippen molar-refractivity contribution in [2.24, 2.45) is 5.92 Å². The number of aliphatic carboxylic acids is 2. The number of carbonyl (C=O) groups is 4. The Morgan fingerprint density at radius 1 is 1.05 bits per heavy atom. The van der Waals surface area contributed by atoms with Crippen LogP contribution in [0, 0.1) is 5.92 Å². The molecule has 8 heteroatoms. The van der Waals surface area contributed by atoms with Gasteiger partial charge < -0.3 is 20.8 Å². The second-order valence-corrected chi connectivity index (χ2v) is 5.11. The van der Waals surface area contributed by atoms with Crippen molar-refractivity contribution in [1.29, 1.82) is 0 Å². The molecule has 120 valence electrons. The summed E-state index contributed by atoms with van der Waals surface area (Å²) in [6.45, 7) is 4.71. The largest absolute Gasteiger partial charge is 0.481 e. The van der Waals surface area contributed by atoms with Gasteiger partial charge >= 0.3 is 11.9 Å². The molecule has 8 nitrogen and oxygen atoms in total. The van der Waals surface area contributed by atoms with Gasteiger partial charge in [0.25, 0.3) is 0 Å². The Morgan fingerprint density at radius 3 is 2.00 bits per heavy atom. The SMILES string of the molecule is CC(=O)NC(C(=O)N[C@H](CCCC(=O)O)C(=O)O)C(C)C. The van der Waals surface area contributed by atoms with Crippen LogP contribution in [0.15, 0.2) is 0 Å². The molecule has 0 spiro atoms. The van der Waals surface area contributed by atoms with Gasteiger partial charge in [0.1, 0.15) is 12.1 Å². The predicted octanol–water partition coefficient (Wildman–Crippen LogP) is -0.0286. The van der Waals surface area contributed by atoms with E-state index in [9.17, 15) is 19.2 Å². The molecule has 0 aliphatic heterocycles. The molecule has 0 aliphatic carbocycles. The van der Waals surface area contributed by atoms with Crippen molar-refractivity contribution in [3.8, 4) is 0 Å². The first-order valence-electron chi connectivity index (χ1n) is 6.67. The van der Waals surface area contributed by atoms with Crippen LogP contribution in [0.2, 0.25) is 0 Å². The number of amides is 2. The van der Waals surface area contributed by atoms with E-state index in [0.29, 0.717) is 0 Å². The van der Waals surface area contributed by atoms with Gasteiger partial charge in [0, 0.05) is 13.3 Å². The molecule has 0 heterocycles. The first-order chi connectivity index (χ1) is 9.65. The summed E-state index contributed by atoms with van der Waals surface area (Å²) in [6, 6.07) is -2.00. The number of hydrogen-bond acceptors (Lipinski definition) is 4. The van der Waals surface area contributed by atoms with Crippen molar-refractivity contribution >= 4 is 23.8 Å². The van der Waals surface area contributed by atoms with E-state index >= 15 is 0 Å². The summed E-state index contributed by atoms with van der Waals surface area (Å²) in [4.78, 5) is 44.6. The minimum atomic E-state index is -1.24. The van der Waals surface area contributed by atoms with E-state index in [1.165, 1.54) is 6.92 Å². The Bertz CT molecular complexity index is 407. The molecule has 0 radical (unpaired) electrons.